The molecule has 1 atom stereocenters. The quantitative estimate of drug-likeness (QED) is 0.0180. The number of pyridine rings is 1. The van der Waals surface area contributed by atoms with Crippen LogP contribution in [0.5, 0.6) is 0 Å². The molecule has 18 nitrogen and oxygen atoms in total. The van der Waals surface area contributed by atoms with Crippen LogP contribution < -0.4 is 16.6 Å². The predicted octanol–water partition coefficient (Wildman–Crippen LogP) is 22.5. The SMILES string of the molecule is CCO.COC(=O)C1CCCCC1=O.Cc1cnccc1Nc1nc(-c2cc(Cl)ccc2F)nc2c1CCCC2.Cc1nc(-c2cc(Cl)ccc2F)nc2c1CCCC2.Fc1ccc(Cl)cc1-c1nc(Cl)c2c(n1)CCCC2.N=C(N)c1cc(Cl)ccc1F.O=P(Cl)(Cl)Cl.O=c1[nH]c(-c2cc(Cl)ccc2F)nc2c1CCCC2. The molecular weight excluding hydrogens is 1670 g/mol. The third-order valence-corrected chi connectivity index (χ3v) is 19.6. The van der Waals surface area contributed by atoms with Crippen molar-refractivity contribution in [1.82, 2.24) is 44.9 Å². The number of nitrogen functional groups attached to an aromatic ring is 1. The number of hydrogen-bond acceptors (Lipinski definition) is 16. The van der Waals surface area contributed by atoms with Gasteiger partial charge in [0.1, 0.15) is 63.4 Å². The Morgan fingerprint density at radius 1 is 0.549 bits per heavy atom. The van der Waals surface area contributed by atoms with Crippen molar-refractivity contribution in [3.8, 4) is 45.6 Å². The smallest absolute Gasteiger partial charge is 0.339 e. The van der Waals surface area contributed by atoms with Crippen LogP contribution in [0.2, 0.25) is 30.3 Å². The van der Waals surface area contributed by atoms with Crippen molar-refractivity contribution >= 4 is 138 Å². The van der Waals surface area contributed by atoms with E-state index in [2.05, 4.69) is 88.6 Å². The first-order valence-electron chi connectivity index (χ1n) is 36.0. The van der Waals surface area contributed by atoms with Crippen LogP contribution in [0, 0.1) is 54.3 Å². The second kappa shape index (κ2) is 43.8. The number of carbonyl (C=O) groups excluding carboxylic acids is 2. The van der Waals surface area contributed by atoms with Crippen molar-refractivity contribution in [2.24, 2.45) is 11.7 Å². The number of nitrogens with two attached hydrogens (primary N) is 1. The fraction of sp³-hybridized carbons (Fsp3) is 0.325. The summed E-state index contributed by atoms with van der Waals surface area (Å²) in [5, 5.41) is 17.3. The van der Waals surface area contributed by atoms with E-state index in [0.29, 0.717) is 77.3 Å². The summed E-state index contributed by atoms with van der Waals surface area (Å²) in [6.07, 6.45) is 22.4. The first-order valence-corrected chi connectivity index (χ1v) is 42.7. The molecule has 1 saturated carbocycles. The number of nitrogens with one attached hydrogen (secondary N) is 3. The van der Waals surface area contributed by atoms with Crippen molar-refractivity contribution < 1.29 is 45.9 Å². The first kappa shape index (κ1) is 90.8. The lowest BCUT2D eigenvalue weighted by Crippen LogP contribution is -2.27. The van der Waals surface area contributed by atoms with Gasteiger partial charge < -0.3 is 25.9 Å². The third kappa shape index (κ3) is 26.9. The highest BCUT2D eigenvalue weighted by atomic mass is 36.0. The number of nitrogens with zero attached hydrogens (tertiary/aromatic N) is 8. The summed E-state index contributed by atoms with van der Waals surface area (Å²) in [5.74, 6) is -1.07. The molecule has 0 bridgehead atoms. The number of amidine groups is 1. The van der Waals surface area contributed by atoms with E-state index in [0.717, 1.165) is 171 Å². The normalized spacial score (nSPS) is 14.3. The summed E-state index contributed by atoms with van der Waals surface area (Å²) in [6, 6.07) is 23.3. The summed E-state index contributed by atoms with van der Waals surface area (Å²) in [6.45, 7) is 5.89. The minimum Gasteiger partial charge on any atom is -0.468 e. The largest absolute Gasteiger partial charge is 0.468 e. The molecule has 6 N–H and O–H groups in total. The van der Waals surface area contributed by atoms with E-state index in [1.807, 2.05) is 19.9 Å². The third-order valence-electron chi connectivity index (χ3n) is 18.1. The number of fused-ring (bicyclic) bond motifs is 4. The van der Waals surface area contributed by atoms with Gasteiger partial charge in [-0.15, -0.1) is 0 Å². The number of hydrogen-bond donors (Lipinski definition) is 5. The van der Waals surface area contributed by atoms with Gasteiger partial charge in [0, 0.05) is 95.7 Å². The Hall–Kier alpha value is -7.77. The van der Waals surface area contributed by atoms with Crippen molar-refractivity contribution in [3.05, 3.63) is 241 Å². The Morgan fingerprint density at radius 3 is 1.42 bits per heavy atom. The Kier molecular flexibility index (Phi) is 35.2. The molecule has 0 saturated heterocycles. The molecule has 0 spiro atoms. The van der Waals surface area contributed by atoms with Gasteiger partial charge in [0.2, 0.25) is 0 Å². The van der Waals surface area contributed by atoms with Crippen LogP contribution in [-0.2, 0) is 70.3 Å². The maximum absolute atomic E-state index is 14.3. The highest BCUT2D eigenvalue weighted by Gasteiger charge is 2.30. The number of benzene rings is 5. The maximum atomic E-state index is 14.3. The number of halogens is 14. The van der Waals surface area contributed by atoms with E-state index in [1.165, 1.54) is 98.0 Å². The highest BCUT2D eigenvalue weighted by Crippen LogP contribution is 2.61. The lowest BCUT2D eigenvalue weighted by molar-refractivity contribution is -0.150. The molecule has 0 amide bonds. The zero-order valence-corrected chi connectivity index (χ0v) is 69.4. The van der Waals surface area contributed by atoms with Crippen LogP contribution in [0.3, 0.4) is 0 Å². The molecule has 33 heteroatoms. The van der Waals surface area contributed by atoms with Crippen LogP contribution in [0.1, 0.15) is 146 Å². The molecule has 5 aromatic carbocycles. The lowest BCUT2D eigenvalue weighted by Gasteiger charge is -2.20. The predicted molar refractivity (Wildman–Crippen MR) is 440 cm³/mol. The number of anilines is 2. The highest BCUT2D eigenvalue weighted by molar-refractivity contribution is 8.24. The second-order valence-electron chi connectivity index (χ2n) is 26.2. The number of rotatable bonds is 8. The molecule has 10 aromatic rings. The zero-order chi connectivity index (χ0) is 82.2. The molecule has 113 heavy (non-hydrogen) atoms. The maximum Gasteiger partial charge on any atom is 0.339 e. The fourth-order valence-corrected chi connectivity index (χ4v) is 13.8. The van der Waals surface area contributed by atoms with Gasteiger partial charge in [0.25, 0.3) is 5.56 Å². The summed E-state index contributed by atoms with van der Waals surface area (Å²) in [4.78, 5) is 72.2. The number of aromatic nitrogens is 9. The lowest BCUT2D eigenvalue weighted by atomic mass is 9.88. The summed E-state index contributed by atoms with van der Waals surface area (Å²) in [5.41, 5.74) is 16.9. The number of ether oxygens (including phenoxy) is 1. The molecule has 598 valence electrons. The van der Waals surface area contributed by atoms with Crippen molar-refractivity contribution in [2.45, 2.75) is 149 Å². The topological polar surface area (TPSA) is 279 Å². The van der Waals surface area contributed by atoms with Gasteiger partial charge in [-0.05, 0) is 278 Å². The molecule has 0 radical (unpaired) electrons. The molecule has 5 aliphatic carbocycles. The second-order valence-corrected chi connectivity index (χ2v) is 35.3. The van der Waals surface area contributed by atoms with E-state index in [4.69, 9.17) is 85.9 Å². The van der Waals surface area contributed by atoms with E-state index < -0.39 is 28.6 Å². The van der Waals surface area contributed by atoms with Gasteiger partial charge >= 0.3 is 11.2 Å². The van der Waals surface area contributed by atoms with Crippen LogP contribution in [-0.4, -0.2) is 81.3 Å². The van der Waals surface area contributed by atoms with Crippen molar-refractivity contribution in [3.63, 3.8) is 0 Å². The number of aryl methyl sites for hydroxylation is 6. The standard InChI is InChI=1S/C20H18ClFN4.C15H14ClFN2.C14H11Cl2FN2.C14H12ClFN2O.C8H12O3.C7H6ClFN2.C2H6O.Cl3OP/c1-12-11-23-9-8-17(12)24-19-14-4-2-3-5-18(14)25-20(26-19)15-10-13(21)6-7-16(15)22;1-9-11-4-2-3-5-14(11)19-15(18-9)12-8-10(16)6-7-13(12)17;15-8-5-6-11(17)10(7-8)14-18-12-4-2-1-3-9(12)13(16)19-14;15-8-5-6-11(16)10(7-8)13-17-12-4-2-1-3-9(12)14(19)18-13;1-11-8(10)6-4-2-3-5-7(6)9;8-4-1-2-6(9)5(3-4)7(10)11;1-2-3;1-5(2,3)4/h6-11H,2-5H2,1H3,(H,23,24,25,26);6-8H,2-5H2,1H3;5-7H,1-4H2;5-7H,1-4H2,(H,17,18,19);6H,2-5H2,1H3;1-3H,(H3,10,11);3H,2H2,1H3;. The Balaban J connectivity index is 0.000000170. The zero-order valence-electron chi connectivity index (χ0n) is 61.7. The number of H-pyrrole nitrogens is 1. The minimum atomic E-state index is -3.22. The van der Waals surface area contributed by atoms with Gasteiger partial charge in [0.05, 0.1) is 40.6 Å². The molecule has 0 aliphatic heterocycles. The molecule has 15 rings (SSSR count). The van der Waals surface area contributed by atoms with Gasteiger partial charge in [-0.2, -0.15) is 0 Å². The number of ketones is 1. The van der Waals surface area contributed by atoms with Crippen LogP contribution in [0.4, 0.5) is 33.5 Å². The first-order chi connectivity index (χ1) is 53.8. The van der Waals surface area contributed by atoms with E-state index in [-0.39, 0.29) is 58.3 Å². The average Bonchev–Trinajstić information content (AvgIpc) is 0.729. The molecule has 5 aromatic heterocycles. The number of aliphatic hydroxyl groups excluding tert-OH is 1. The number of aromatic amines is 1. The molecule has 5 heterocycles. The van der Waals surface area contributed by atoms with Gasteiger partial charge in [-0.25, -0.2) is 56.8 Å². The molecule has 1 unspecified atom stereocenters. The van der Waals surface area contributed by atoms with E-state index in [1.54, 1.807) is 31.5 Å². The molecule has 1 fully saturated rings. The summed E-state index contributed by atoms with van der Waals surface area (Å²) in [7, 11) is 1.32. The van der Waals surface area contributed by atoms with Gasteiger partial charge in [0.15, 0.2) is 17.5 Å². The van der Waals surface area contributed by atoms with Crippen LogP contribution >= 0.6 is 109 Å². The van der Waals surface area contributed by atoms with Crippen molar-refractivity contribution in [2.75, 3.05) is 19.0 Å². The Labute approximate surface area is 695 Å². The Morgan fingerprint density at radius 2 is 0.947 bits per heavy atom. The number of esters is 1. The van der Waals surface area contributed by atoms with Crippen molar-refractivity contribution in [1.29, 1.82) is 5.41 Å². The molecule has 5 aliphatic rings. The minimum absolute atomic E-state index is 0.0394. The van der Waals surface area contributed by atoms with Gasteiger partial charge in [-0.1, -0.05) is 76.0 Å². The van der Waals surface area contributed by atoms with E-state index in [9.17, 15) is 40.9 Å². The summed E-state index contributed by atoms with van der Waals surface area (Å²) < 4.78 is 82.6. The average molecular weight is 1750 g/mol. The van der Waals surface area contributed by atoms with Crippen LogP contribution in [0.25, 0.3) is 45.6 Å². The fourth-order valence-electron chi connectivity index (χ4n) is 12.6. The number of Topliss-reactive ketones (excluding diaryl/α,β-unsaturated/α-hetero) is 1. The number of aliphatic hydroxyl groups is 1. The Bertz CT molecular complexity index is 5040. The van der Waals surface area contributed by atoms with Gasteiger partial charge in [-0.3, -0.25) is 29.3 Å². The number of methoxy groups -OCH3 is 1. The van der Waals surface area contributed by atoms with E-state index >= 15 is 0 Å². The monoisotopic (exact) mass is 1740 g/mol. The molecular formula is C80H79Cl9F5N12O6P. The van der Waals surface area contributed by atoms with Crippen LogP contribution in [0.15, 0.2) is 114 Å². The number of carbonyl (C=O) groups is 2. The summed E-state index contributed by atoms with van der Waals surface area (Å²) >= 11 is 49.3.